The Morgan fingerprint density at radius 2 is 1.29 bits per heavy atom. The number of carbonyl (C=O) groups is 2. The summed E-state index contributed by atoms with van der Waals surface area (Å²) in [5.74, 6) is -0.704. The van der Waals surface area contributed by atoms with Crippen molar-refractivity contribution in [1.29, 1.82) is 0 Å². The molecule has 0 aliphatic heterocycles. The Labute approximate surface area is 186 Å². The zero-order chi connectivity index (χ0) is 22.2. The lowest BCUT2D eigenvalue weighted by Gasteiger charge is -2.07. The van der Waals surface area contributed by atoms with Crippen LogP contribution in [-0.4, -0.2) is 18.4 Å². The lowest BCUT2D eigenvalue weighted by atomic mass is 10.0. The van der Waals surface area contributed by atoms with Crippen LogP contribution < -0.4 is 11.2 Å². The molecule has 0 aromatic heterocycles. The summed E-state index contributed by atoms with van der Waals surface area (Å²) in [6.45, 7) is 0.714. The van der Waals surface area contributed by atoms with Crippen LogP contribution >= 0.6 is 0 Å². The van der Waals surface area contributed by atoms with Crippen molar-refractivity contribution in [2.75, 3.05) is 6.54 Å². The summed E-state index contributed by atoms with van der Waals surface area (Å²) in [6.07, 6.45) is 9.88. The fraction of sp³-hybridized carbons (Fsp3) is 0.462. The fourth-order valence-electron chi connectivity index (χ4n) is 3.46. The molecule has 0 aliphatic rings. The van der Waals surface area contributed by atoms with Gasteiger partial charge in [0.2, 0.25) is 0 Å². The van der Waals surface area contributed by atoms with Crippen LogP contribution in [0.15, 0.2) is 54.6 Å². The number of aryl methyl sites for hydroxylation is 2. The van der Waals surface area contributed by atoms with Gasteiger partial charge in [-0.3, -0.25) is 4.79 Å². The molecular weight excluding hydrogens is 388 g/mol. The number of nitrogens with two attached hydrogens (primary N) is 1. The molecule has 0 aliphatic carbocycles. The van der Waals surface area contributed by atoms with Crippen molar-refractivity contribution in [3.8, 4) is 0 Å². The molecule has 1 amide bonds. The Morgan fingerprint density at radius 1 is 0.710 bits per heavy atom. The van der Waals surface area contributed by atoms with Crippen molar-refractivity contribution in [2.24, 2.45) is 5.73 Å². The van der Waals surface area contributed by atoms with Crippen molar-refractivity contribution < 1.29 is 14.4 Å². The zero-order valence-corrected chi connectivity index (χ0v) is 18.5. The third kappa shape index (κ3) is 11.3. The monoisotopic (exact) mass is 424 g/mol. The van der Waals surface area contributed by atoms with Gasteiger partial charge >= 0.3 is 5.97 Å². The first kappa shape index (κ1) is 24.6. The number of rotatable bonds is 14. The molecule has 0 spiro atoms. The van der Waals surface area contributed by atoms with E-state index < -0.39 is 5.97 Å². The van der Waals surface area contributed by atoms with Crippen LogP contribution in [0.3, 0.4) is 0 Å². The van der Waals surface area contributed by atoms with E-state index in [1.165, 1.54) is 11.1 Å². The Morgan fingerprint density at radius 3 is 1.97 bits per heavy atom. The second-order valence-corrected chi connectivity index (χ2v) is 7.99. The van der Waals surface area contributed by atoms with Crippen LogP contribution in [0.4, 0.5) is 0 Å². The number of hydrogen-bond acceptors (Lipinski definition) is 4. The lowest BCUT2D eigenvalue weighted by molar-refractivity contribution is -0.158. The Hall–Kier alpha value is -2.66. The van der Waals surface area contributed by atoms with Crippen molar-refractivity contribution in [3.63, 3.8) is 0 Å². The second-order valence-electron chi connectivity index (χ2n) is 7.99. The third-order valence-electron chi connectivity index (χ3n) is 5.28. The van der Waals surface area contributed by atoms with Gasteiger partial charge in [-0.05, 0) is 61.8 Å². The number of nitrogens with one attached hydrogen (secondary N) is 1. The summed E-state index contributed by atoms with van der Waals surface area (Å²) < 4.78 is 0. The average molecular weight is 425 g/mol. The van der Waals surface area contributed by atoms with E-state index >= 15 is 0 Å². The molecule has 0 radical (unpaired) electrons. The molecule has 3 N–H and O–H groups in total. The molecule has 0 unspecified atom stereocenters. The molecule has 0 fully saturated rings. The second kappa shape index (κ2) is 15.2. The molecule has 0 heterocycles. The topological polar surface area (TPSA) is 81.4 Å². The normalized spacial score (nSPS) is 10.6. The average Bonchev–Trinajstić information content (AvgIpc) is 2.79. The summed E-state index contributed by atoms with van der Waals surface area (Å²) in [5.41, 5.74) is 11.3. The van der Waals surface area contributed by atoms with Gasteiger partial charge in [0.15, 0.2) is 0 Å². The molecule has 2 rings (SSSR count). The largest absolute Gasteiger partial charge is 0.341 e. The third-order valence-corrected chi connectivity index (χ3v) is 5.28. The van der Waals surface area contributed by atoms with E-state index in [2.05, 4.69) is 41.9 Å². The Kier molecular flexibility index (Phi) is 12.1. The van der Waals surface area contributed by atoms with Gasteiger partial charge in [0, 0.05) is 6.42 Å². The first-order valence-corrected chi connectivity index (χ1v) is 11.5. The van der Waals surface area contributed by atoms with Crippen molar-refractivity contribution in [2.45, 2.75) is 70.6 Å². The molecule has 2 aromatic rings. The molecule has 0 saturated heterocycles. The molecule has 2 aromatic carbocycles. The van der Waals surface area contributed by atoms with Crippen LogP contribution in [-0.2, 0) is 33.7 Å². The number of benzene rings is 2. The minimum absolute atomic E-state index is 0.195. The van der Waals surface area contributed by atoms with Crippen LogP contribution in [0, 0.1) is 0 Å². The summed E-state index contributed by atoms with van der Waals surface area (Å²) in [6, 6.07) is 18.6. The van der Waals surface area contributed by atoms with Gasteiger partial charge in [-0.1, -0.05) is 73.9 Å². The summed E-state index contributed by atoms with van der Waals surface area (Å²) in [7, 11) is 0. The number of hydrogen-bond donors (Lipinski definition) is 2. The van der Waals surface area contributed by atoms with E-state index in [0.29, 0.717) is 13.0 Å². The van der Waals surface area contributed by atoms with Gasteiger partial charge in [-0.25, -0.2) is 4.79 Å². The van der Waals surface area contributed by atoms with E-state index in [4.69, 9.17) is 10.6 Å². The predicted octanol–water partition coefficient (Wildman–Crippen LogP) is 4.67. The minimum atomic E-state index is -0.391. The molecule has 5 heteroatoms. The van der Waals surface area contributed by atoms with Gasteiger partial charge < -0.3 is 10.6 Å². The van der Waals surface area contributed by atoms with Gasteiger partial charge in [0.05, 0.1) is 6.42 Å². The quantitative estimate of drug-likeness (QED) is 0.341. The minimum Gasteiger partial charge on any atom is -0.341 e. The first-order valence-electron chi connectivity index (χ1n) is 11.5. The highest BCUT2D eigenvalue weighted by atomic mass is 16.7. The van der Waals surface area contributed by atoms with Crippen LogP contribution in [0.5, 0.6) is 0 Å². The van der Waals surface area contributed by atoms with Gasteiger partial charge in [-0.2, -0.15) is 5.48 Å². The number of carbonyl (C=O) groups excluding carboxylic acids is 2. The van der Waals surface area contributed by atoms with Gasteiger partial charge in [0.1, 0.15) is 0 Å². The van der Waals surface area contributed by atoms with Crippen molar-refractivity contribution >= 4 is 11.9 Å². The van der Waals surface area contributed by atoms with E-state index in [-0.39, 0.29) is 12.3 Å². The molecule has 31 heavy (non-hydrogen) atoms. The lowest BCUT2D eigenvalue weighted by Crippen LogP contribution is -2.28. The standard InChI is InChI=1S/C26H36N2O3/c27-20-10-3-1-2-7-15-26(30)31-28-25(29)21-24-18-16-23(17-19-24)14-9-8-13-22-11-5-4-6-12-22/h4-6,11-12,16-19H,1-3,7-10,13-15,20-21,27H2,(H,28,29). The highest BCUT2D eigenvalue weighted by molar-refractivity contribution is 5.79. The summed E-state index contributed by atoms with van der Waals surface area (Å²) in [5, 5.41) is 0. The molecule has 5 nitrogen and oxygen atoms in total. The van der Waals surface area contributed by atoms with Crippen LogP contribution in [0.25, 0.3) is 0 Å². The highest BCUT2D eigenvalue weighted by Crippen LogP contribution is 2.11. The summed E-state index contributed by atoms with van der Waals surface area (Å²) in [4.78, 5) is 28.6. The van der Waals surface area contributed by atoms with E-state index in [1.807, 2.05) is 18.2 Å². The smallest absolute Gasteiger partial charge is 0.332 e. The Balaban J connectivity index is 1.56. The van der Waals surface area contributed by atoms with Gasteiger partial charge in [0.25, 0.3) is 5.91 Å². The van der Waals surface area contributed by atoms with Crippen LogP contribution in [0.1, 0.15) is 68.1 Å². The predicted molar refractivity (Wildman–Crippen MR) is 124 cm³/mol. The fourth-order valence-corrected chi connectivity index (χ4v) is 3.46. The Bertz CT molecular complexity index is 760. The zero-order valence-electron chi connectivity index (χ0n) is 18.5. The molecular formula is C26H36N2O3. The van der Waals surface area contributed by atoms with Crippen molar-refractivity contribution in [1.82, 2.24) is 5.48 Å². The molecule has 0 atom stereocenters. The van der Waals surface area contributed by atoms with E-state index in [9.17, 15) is 9.59 Å². The van der Waals surface area contributed by atoms with E-state index in [0.717, 1.165) is 63.4 Å². The maximum Gasteiger partial charge on any atom is 0.332 e. The highest BCUT2D eigenvalue weighted by Gasteiger charge is 2.08. The van der Waals surface area contributed by atoms with E-state index in [1.54, 1.807) is 0 Å². The molecule has 168 valence electrons. The summed E-state index contributed by atoms with van der Waals surface area (Å²) >= 11 is 0. The van der Waals surface area contributed by atoms with Crippen molar-refractivity contribution in [3.05, 3.63) is 71.3 Å². The maximum atomic E-state index is 12.0. The first-order chi connectivity index (χ1) is 15.2. The van der Waals surface area contributed by atoms with Gasteiger partial charge in [-0.15, -0.1) is 0 Å². The number of hydroxylamine groups is 1. The maximum absolute atomic E-state index is 12.0. The van der Waals surface area contributed by atoms with Crippen LogP contribution in [0.2, 0.25) is 0 Å². The molecule has 0 saturated carbocycles. The molecule has 0 bridgehead atoms. The number of amides is 1. The number of unbranched alkanes of at least 4 members (excludes halogenated alkanes) is 5. The SMILES string of the molecule is NCCCCCCCC(=O)ONC(=O)Cc1ccc(CCCCc2ccccc2)cc1.